The topological polar surface area (TPSA) is 40.6 Å². The fraction of sp³-hybridized carbons (Fsp3) is 0.600. The van der Waals surface area contributed by atoms with E-state index in [-0.39, 0.29) is 17.2 Å². The van der Waals surface area contributed by atoms with Gasteiger partial charge in [-0.1, -0.05) is 30.2 Å². The van der Waals surface area contributed by atoms with E-state index in [1.165, 1.54) is 0 Å². The van der Waals surface area contributed by atoms with E-state index in [2.05, 4.69) is 0 Å². The van der Waals surface area contributed by atoms with Crippen LogP contribution in [0.4, 0.5) is 0 Å². The van der Waals surface area contributed by atoms with Crippen molar-refractivity contribution in [1.29, 1.82) is 0 Å². The lowest BCUT2D eigenvalue weighted by molar-refractivity contribution is -0.146. The van der Waals surface area contributed by atoms with Crippen molar-refractivity contribution < 1.29 is 9.59 Å². The van der Waals surface area contributed by atoms with E-state index in [1.807, 2.05) is 41.1 Å². The van der Waals surface area contributed by atoms with Crippen LogP contribution in [0.15, 0.2) is 24.3 Å². The zero-order chi connectivity index (χ0) is 17.7. The van der Waals surface area contributed by atoms with Crippen LogP contribution in [-0.2, 0) is 15.0 Å². The maximum atomic E-state index is 13.4. The molecule has 2 saturated heterocycles. The van der Waals surface area contributed by atoms with Crippen LogP contribution < -0.4 is 0 Å². The first-order valence-corrected chi connectivity index (χ1v) is 9.66. The van der Waals surface area contributed by atoms with Gasteiger partial charge in [0.2, 0.25) is 11.8 Å². The van der Waals surface area contributed by atoms with E-state index in [1.54, 1.807) is 0 Å². The standard InChI is InChI=1S/C20H25ClN2O2/c1-22-12-3-8-19(17(22)24)11-13-23(14-19)18(25)20(9-2-10-20)15-4-6-16(21)7-5-15/h4-7H,2-3,8-14H2,1H3. The van der Waals surface area contributed by atoms with Gasteiger partial charge in [0.05, 0.1) is 10.8 Å². The van der Waals surface area contributed by atoms with E-state index in [9.17, 15) is 9.59 Å². The molecular weight excluding hydrogens is 336 g/mol. The highest BCUT2D eigenvalue weighted by atomic mass is 35.5. The van der Waals surface area contributed by atoms with Gasteiger partial charge >= 0.3 is 0 Å². The minimum atomic E-state index is -0.403. The van der Waals surface area contributed by atoms with E-state index < -0.39 is 5.41 Å². The highest BCUT2D eigenvalue weighted by Crippen LogP contribution is 2.48. The number of piperidine rings is 1. The quantitative estimate of drug-likeness (QED) is 0.812. The Morgan fingerprint density at radius 1 is 1.04 bits per heavy atom. The predicted octanol–water partition coefficient (Wildman–Crippen LogP) is 3.23. The number of likely N-dealkylation sites (tertiary alicyclic amines) is 2. The Labute approximate surface area is 154 Å². The van der Waals surface area contributed by atoms with E-state index >= 15 is 0 Å². The summed E-state index contributed by atoms with van der Waals surface area (Å²) in [5.74, 6) is 0.433. The molecule has 25 heavy (non-hydrogen) atoms. The molecule has 1 saturated carbocycles. The number of benzene rings is 1. The number of rotatable bonds is 2. The third kappa shape index (κ3) is 2.57. The number of nitrogens with zero attached hydrogens (tertiary/aromatic N) is 2. The summed E-state index contributed by atoms with van der Waals surface area (Å²) in [6.45, 7) is 2.13. The second kappa shape index (κ2) is 6.01. The van der Waals surface area contributed by atoms with Crippen molar-refractivity contribution in [3.05, 3.63) is 34.9 Å². The van der Waals surface area contributed by atoms with Crippen LogP contribution in [0.2, 0.25) is 5.02 Å². The maximum absolute atomic E-state index is 13.4. The van der Waals surface area contributed by atoms with Gasteiger partial charge in [-0.3, -0.25) is 9.59 Å². The van der Waals surface area contributed by atoms with Gasteiger partial charge < -0.3 is 9.80 Å². The summed E-state index contributed by atoms with van der Waals surface area (Å²) in [4.78, 5) is 30.0. The van der Waals surface area contributed by atoms with Crippen molar-refractivity contribution in [3.63, 3.8) is 0 Å². The minimum Gasteiger partial charge on any atom is -0.345 e. The lowest BCUT2D eigenvalue weighted by atomic mass is 9.63. The molecule has 0 radical (unpaired) electrons. The average molecular weight is 361 g/mol. The Morgan fingerprint density at radius 3 is 2.40 bits per heavy atom. The first-order valence-electron chi connectivity index (χ1n) is 9.28. The first kappa shape index (κ1) is 16.9. The van der Waals surface area contributed by atoms with Crippen LogP contribution in [0.5, 0.6) is 0 Å². The second-order valence-corrected chi connectivity index (χ2v) is 8.47. The Kier molecular flexibility index (Phi) is 4.06. The molecule has 1 atom stereocenters. The van der Waals surface area contributed by atoms with Gasteiger partial charge in [0, 0.05) is 31.7 Å². The molecule has 2 amide bonds. The van der Waals surface area contributed by atoms with Crippen molar-refractivity contribution in [2.24, 2.45) is 5.41 Å². The van der Waals surface area contributed by atoms with Crippen molar-refractivity contribution >= 4 is 23.4 Å². The van der Waals surface area contributed by atoms with Crippen molar-refractivity contribution in [3.8, 4) is 0 Å². The highest BCUT2D eigenvalue weighted by molar-refractivity contribution is 6.30. The molecule has 134 valence electrons. The van der Waals surface area contributed by atoms with Gasteiger partial charge in [-0.05, 0) is 49.8 Å². The maximum Gasteiger partial charge on any atom is 0.233 e. The molecule has 1 aromatic carbocycles. The molecule has 2 heterocycles. The summed E-state index contributed by atoms with van der Waals surface area (Å²) in [5, 5.41) is 0.696. The molecule has 1 aliphatic carbocycles. The second-order valence-electron chi connectivity index (χ2n) is 8.03. The summed E-state index contributed by atoms with van der Waals surface area (Å²) in [5.41, 5.74) is 0.328. The van der Waals surface area contributed by atoms with E-state index in [0.29, 0.717) is 18.1 Å². The van der Waals surface area contributed by atoms with Crippen LogP contribution in [0.3, 0.4) is 0 Å². The van der Waals surface area contributed by atoms with Crippen LogP contribution >= 0.6 is 11.6 Å². The molecule has 1 aromatic rings. The molecule has 0 bridgehead atoms. The number of halogens is 1. The summed E-state index contributed by atoms with van der Waals surface area (Å²) in [6.07, 6.45) is 5.61. The van der Waals surface area contributed by atoms with Crippen LogP contribution in [0.1, 0.15) is 44.1 Å². The molecule has 1 unspecified atom stereocenters. The Hall–Kier alpha value is -1.55. The number of hydrogen-bond acceptors (Lipinski definition) is 2. The molecule has 0 aromatic heterocycles. The third-order valence-electron chi connectivity index (χ3n) is 6.60. The monoisotopic (exact) mass is 360 g/mol. The van der Waals surface area contributed by atoms with Gasteiger partial charge in [0.15, 0.2) is 0 Å². The molecule has 3 aliphatic rings. The normalized spacial score (nSPS) is 28.3. The number of amides is 2. The summed E-state index contributed by atoms with van der Waals surface area (Å²) < 4.78 is 0. The molecule has 5 heteroatoms. The summed E-state index contributed by atoms with van der Waals surface area (Å²) in [7, 11) is 1.88. The van der Waals surface area contributed by atoms with E-state index in [4.69, 9.17) is 11.6 Å². The molecule has 0 N–H and O–H groups in total. The average Bonchev–Trinajstić information content (AvgIpc) is 2.98. The van der Waals surface area contributed by atoms with Crippen LogP contribution in [0.25, 0.3) is 0 Å². The number of hydrogen-bond donors (Lipinski definition) is 0. The molecule has 3 fully saturated rings. The zero-order valence-corrected chi connectivity index (χ0v) is 15.5. The smallest absolute Gasteiger partial charge is 0.233 e. The van der Waals surface area contributed by atoms with Gasteiger partial charge in [-0.25, -0.2) is 0 Å². The zero-order valence-electron chi connectivity index (χ0n) is 14.8. The van der Waals surface area contributed by atoms with E-state index in [0.717, 1.165) is 50.6 Å². The Bertz CT molecular complexity index is 698. The molecule has 4 nitrogen and oxygen atoms in total. The largest absolute Gasteiger partial charge is 0.345 e. The van der Waals surface area contributed by atoms with Gasteiger partial charge in [0.1, 0.15) is 0 Å². The molecule has 2 aliphatic heterocycles. The van der Waals surface area contributed by atoms with Crippen LogP contribution in [-0.4, -0.2) is 48.3 Å². The third-order valence-corrected chi connectivity index (χ3v) is 6.86. The van der Waals surface area contributed by atoms with Crippen molar-refractivity contribution in [2.45, 2.75) is 43.9 Å². The molecular formula is C20H25ClN2O2. The SMILES string of the molecule is CN1CCCC2(CCN(C(=O)C3(c4ccc(Cl)cc4)CCC3)C2)C1=O. The highest BCUT2D eigenvalue weighted by Gasteiger charge is 2.53. The van der Waals surface area contributed by atoms with Crippen molar-refractivity contribution in [1.82, 2.24) is 9.80 Å². The number of carbonyl (C=O) groups excluding carboxylic acids is 2. The predicted molar refractivity (Wildman–Crippen MR) is 97.5 cm³/mol. The minimum absolute atomic E-state index is 0.207. The van der Waals surface area contributed by atoms with Crippen LogP contribution in [0, 0.1) is 5.41 Å². The summed E-state index contributed by atoms with van der Waals surface area (Å²) in [6, 6.07) is 7.72. The van der Waals surface area contributed by atoms with Gasteiger partial charge in [-0.2, -0.15) is 0 Å². The Morgan fingerprint density at radius 2 is 1.76 bits per heavy atom. The molecule has 4 rings (SSSR count). The fourth-order valence-corrected chi connectivity index (χ4v) is 5.05. The summed E-state index contributed by atoms with van der Waals surface area (Å²) >= 11 is 6.02. The lowest BCUT2D eigenvalue weighted by Gasteiger charge is -2.44. The van der Waals surface area contributed by atoms with Gasteiger partial charge in [0.25, 0.3) is 0 Å². The Balaban J connectivity index is 1.57. The molecule has 1 spiro atoms. The van der Waals surface area contributed by atoms with Gasteiger partial charge in [-0.15, -0.1) is 0 Å². The first-order chi connectivity index (χ1) is 12.0. The lowest BCUT2D eigenvalue weighted by Crippen LogP contribution is -2.53. The fourth-order valence-electron chi connectivity index (χ4n) is 4.92. The number of carbonyl (C=O) groups is 2. The van der Waals surface area contributed by atoms with Crippen molar-refractivity contribution in [2.75, 3.05) is 26.7 Å².